The number of fused-ring (bicyclic) bond motifs is 1. The van der Waals surface area contributed by atoms with E-state index < -0.39 is 5.97 Å². The first-order chi connectivity index (χ1) is 11.0. The molecule has 114 valence electrons. The first-order valence-electron chi connectivity index (χ1n) is 7.27. The summed E-state index contributed by atoms with van der Waals surface area (Å²) in [5.41, 5.74) is 3.18. The highest BCUT2D eigenvalue weighted by Gasteiger charge is 2.16. The Labute approximate surface area is 133 Å². The van der Waals surface area contributed by atoms with Gasteiger partial charge in [0.1, 0.15) is 5.82 Å². The third-order valence-electron chi connectivity index (χ3n) is 3.70. The van der Waals surface area contributed by atoms with Crippen molar-refractivity contribution in [3.8, 4) is 17.5 Å². The molecule has 0 amide bonds. The van der Waals surface area contributed by atoms with Gasteiger partial charge in [-0.2, -0.15) is 5.26 Å². The number of hydrogen-bond donors (Lipinski definition) is 1. The Morgan fingerprint density at radius 3 is 2.70 bits per heavy atom. The molecule has 0 radical (unpaired) electrons. The summed E-state index contributed by atoms with van der Waals surface area (Å²) < 4.78 is 2.05. The largest absolute Gasteiger partial charge is 0.478 e. The van der Waals surface area contributed by atoms with Crippen LogP contribution in [0.2, 0.25) is 0 Å². The number of aromatic carboxylic acids is 1. The maximum atomic E-state index is 11.2. The molecule has 0 unspecified atom stereocenters. The molecule has 5 heteroatoms. The first-order valence-corrected chi connectivity index (χ1v) is 7.27. The molecule has 0 atom stereocenters. The molecule has 0 fully saturated rings. The molecule has 0 aliphatic carbocycles. The molecule has 0 spiro atoms. The summed E-state index contributed by atoms with van der Waals surface area (Å²) in [6.07, 6.45) is 0. The summed E-state index contributed by atoms with van der Waals surface area (Å²) in [5.74, 6) is -0.265. The van der Waals surface area contributed by atoms with Gasteiger partial charge in [-0.25, -0.2) is 9.78 Å². The van der Waals surface area contributed by atoms with E-state index in [0.717, 1.165) is 16.6 Å². The zero-order valence-electron chi connectivity index (χ0n) is 12.8. The number of nitriles is 1. The number of carboxylic acid groups (broad SMARTS) is 1. The van der Waals surface area contributed by atoms with Gasteiger partial charge < -0.3 is 9.67 Å². The van der Waals surface area contributed by atoms with Crippen LogP contribution < -0.4 is 0 Å². The van der Waals surface area contributed by atoms with Crippen molar-refractivity contribution in [3.63, 3.8) is 0 Å². The number of nitrogens with zero attached hydrogens (tertiary/aromatic N) is 3. The van der Waals surface area contributed by atoms with E-state index in [2.05, 4.69) is 15.6 Å². The Balaban J connectivity index is 2.28. The molecule has 2 aromatic carbocycles. The summed E-state index contributed by atoms with van der Waals surface area (Å²) in [5, 5.41) is 18.2. The van der Waals surface area contributed by atoms with Crippen LogP contribution in [0.15, 0.2) is 42.5 Å². The minimum Gasteiger partial charge on any atom is -0.478 e. The lowest BCUT2D eigenvalue weighted by Crippen LogP contribution is -2.04. The summed E-state index contributed by atoms with van der Waals surface area (Å²) >= 11 is 0. The lowest BCUT2D eigenvalue weighted by atomic mass is 10.1. The molecule has 0 aliphatic rings. The van der Waals surface area contributed by atoms with Crippen LogP contribution in [-0.2, 0) is 0 Å². The molecule has 1 N–H and O–H groups in total. The van der Waals surface area contributed by atoms with Crippen LogP contribution in [-0.4, -0.2) is 20.6 Å². The van der Waals surface area contributed by atoms with Crippen LogP contribution in [0, 0.1) is 11.3 Å². The van der Waals surface area contributed by atoms with E-state index in [1.54, 1.807) is 30.3 Å². The second kappa shape index (κ2) is 5.58. The number of carbonyl (C=O) groups is 1. The Kier molecular flexibility index (Phi) is 3.59. The Morgan fingerprint density at radius 1 is 1.26 bits per heavy atom. The molecule has 5 nitrogen and oxygen atoms in total. The van der Waals surface area contributed by atoms with Crippen molar-refractivity contribution in [1.82, 2.24) is 9.55 Å². The number of rotatable bonds is 3. The number of carboxylic acids is 1. The minimum atomic E-state index is -0.967. The average Bonchev–Trinajstić information content (AvgIpc) is 2.93. The van der Waals surface area contributed by atoms with Crippen molar-refractivity contribution in [2.24, 2.45) is 0 Å². The fourth-order valence-corrected chi connectivity index (χ4v) is 2.69. The van der Waals surface area contributed by atoms with E-state index in [1.165, 1.54) is 0 Å². The smallest absolute Gasteiger partial charge is 0.335 e. The molecular formula is C18H15N3O2. The predicted octanol–water partition coefficient (Wildman–Crippen LogP) is 3.85. The van der Waals surface area contributed by atoms with E-state index in [4.69, 9.17) is 5.26 Å². The van der Waals surface area contributed by atoms with Gasteiger partial charge in [-0.1, -0.05) is 12.1 Å². The Bertz CT molecular complexity index is 949. The normalized spacial score (nSPS) is 10.9. The Hall–Kier alpha value is -3.13. The van der Waals surface area contributed by atoms with E-state index >= 15 is 0 Å². The molecule has 3 rings (SSSR count). The van der Waals surface area contributed by atoms with Crippen molar-refractivity contribution < 1.29 is 9.90 Å². The monoisotopic (exact) mass is 305 g/mol. The Morgan fingerprint density at radius 2 is 2.04 bits per heavy atom. The van der Waals surface area contributed by atoms with Gasteiger partial charge in [0.15, 0.2) is 0 Å². The van der Waals surface area contributed by atoms with Crippen LogP contribution in [0.25, 0.3) is 22.4 Å². The first kappa shape index (κ1) is 14.8. The van der Waals surface area contributed by atoms with Gasteiger partial charge in [0, 0.05) is 11.6 Å². The van der Waals surface area contributed by atoms with Crippen molar-refractivity contribution in [2.75, 3.05) is 0 Å². The molecule has 3 aromatic rings. The third-order valence-corrected chi connectivity index (χ3v) is 3.70. The second-order valence-electron chi connectivity index (χ2n) is 5.60. The van der Waals surface area contributed by atoms with Gasteiger partial charge >= 0.3 is 5.97 Å². The number of benzene rings is 2. The van der Waals surface area contributed by atoms with Crippen molar-refractivity contribution in [1.29, 1.82) is 5.26 Å². The fraction of sp³-hybridized carbons (Fsp3) is 0.167. The maximum absolute atomic E-state index is 11.2. The van der Waals surface area contributed by atoms with Gasteiger partial charge in [0.2, 0.25) is 0 Å². The minimum absolute atomic E-state index is 0.149. The molecule has 0 bridgehead atoms. The molecule has 23 heavy (non-hydrogen) atoms. The summed E-state index contributed by atoms with van der Waals surface area (Å²) in [6, 6.07) is 14.4. The van der Waals surface area contributed by atoms with E-state index in [-0.39, 0.29) is 11.6 Å². The number of aromatic nitrogens is 2. The molecule has 1 heterocycles. The third kappa shape index (κ3) is 2.55. The van der Waals surface area contributed by atoms with E-state index in [1.807, 2.05) is 26.0 Å². The SMILES string of the molecule is CC(C)n1c(-c2cccc(C(=O)O)c2)nc2cc(C#N)ccc21. The number of hydrogen-bond acceptors (Lipinski definition) is 3. The molecule has 0 saturated heterocycles. The van der Waals surface area contributed by atoms with Gasteiger partial charge in [-0.3, -0.25) is 0 Å². The predicted molar refractivity (Wildman–Crippen MR) is 87.2 cm³/mol. The van der Waals surface area contributed by atoms with Crippen molar-refractivity contribution >= 4 is 17.0 Å². The quantitative estimate of drug-likeness (QED) is 0.797. The summed E-state index contributed by atoms with van der Waals surface area (Å²) in [7, 11) is 0. The molecular weight excluding hydrogens is 290 g/mol. The highest BCUT2D eigenvalue weighted by Crippen LogP contribution is 2.29. The lowest BCUT2D eigenvalue weighted by molar-refractivity contribution is 0.0697. The van der Waals surface area contributed by atoms with Crippen LogP contribution in [0.4, 0.5) is 0 Å². The lowest BCUT2D eigenvalue weighted by Gasteiger charge is -2.13. The summed E-state index contributed by atoms with van der Waals surface area (Å²) in [4.78, 5) is 15.8. The van der Waals surface area contributed by atoms with Gasteiger partial charge in [0.25, 0.3) is 0 Å². The van der Waals surface area contributed by atoms with Gasteiger partial charge in [-0.05, 0) is 44.2 Å². The van der Waals surface area contributed by atoms with Crippen LogP contribution in [0.1, 0.15) is 35.8 Å². The van der Waals surface area contributed by atoms with E-state index in [9.17, 15) is 9.90 Å². The van der Waals surface area contributed by atoms with Gasteiger partial charge in [0.05, 0.1) is 28.2 Å². The maximum Gasteiger partial charge on any atom is 0.335 e. The zero-order chi connectivity index (χ0) is 16.6. The average molecular weight is 305 g/mol. The number of imidazole rings is 1. The van der Waals surface area contributed by atoms with Crippen LogP contribution >= 0.6 is 0 Å². The second-order valence-corrected chi connectivity index (χ2v) is 5.60. The van der Waals surface area contributed by atoms with Gasteiger partial charge in [-0.15, -0.1) is 0 Å². The highest BCUT2D eigenvalue weighted by molar-refractivity contribution is 5.90. The molecule has 1 aromatic heterocycles. The van der Waals surface area contributed by atoms with Crippen molar-refractivity contribution in [2.45, 2.75) is 19.9 Å². The standard InChI is InChI=1S/C18H15N3O2/c1-11(2)21-16-7-6-12(10-19)8-15(16)20-17(21)13-4-3-5-14(9-13)18(22)23/h3-9,11H,1-2H3,(H,22,23). The van der Waals surface area contributed by atoms with Crippen molar-refractivity contribution in [3.05, 3.63) is 53.6 Å². The topological polar surface area (TPSA) is 78.9 Å². The van der Waals surface area contributed by atoms with Crippen LogP contribution in [0.3, 0.4) is 0 Å². The zero-order valence-corrected chi connectivity index (χ0v) is 12.8. The fourth-order valence-electron chi connectivity index (χ4n) is 2.69. The van der Waals surface area contributed by atoms with E-state index in [0.29, 0.717) is 11.4 Å². The molecule has 0 aliphatic heterocycles. The summed E-state index contributed by atoms with van der Waals surface area (Å²) in [6.45, 7) is 4.09. The van der Waals surface area contributed by atoms with Crippen LogP contribution in [0.5, 0.6) is 0 Å². The highest BCUT2D eigenvalue weighted by atomic mass is 16.4. The molecule has 0 saturated carbocycles.